The molecule has 116 valence electrons. The minimum atomic E-state index is -0.400. The summed E-state index contributed by atoms with van der Waals surface area (Å²) in [5.41, 5.74) is 7.83. The Morgan fingerprint density at radius 2 is 1.90 bits per heavy atom. The van der Waals surface area contributed by atoms with E-state index in [1.807, 2.05) is 13.8 Å². The van der Waals surface area contributed by atoms with Gasteiger partial charge in [-0.3, -0.25) is 0 Å². The van der Waals surface area contributed by atoms with Crippen LogP contribution in [0.2, 0.25) is 5.02 Å². The number of hydrogen-bond acceptors (Lipinski definition) is 5. The first-order valence-corrected chi connectivity index (χ1v) is 7.49. The second-order valence-electron chi connectivity index (χ2n) is 5.64. The number of ether oxygens (including phenoxy) is 1. The summed E-state index contributed by atoms with van der Waals surface area (Å²) in [7, 11) is 2.09. The molecule has 0 unspecified atom stereocenters. The maximum atomic E-state index is 11.9. The summed E-state index contributed by atoms with van der Waals surface area (Å²) in [4.78, 5) is 16.4. The quantitative estimate of drug-likeness (QED) is 0.685. The number of nitrogens with zero attached hydrogens (tertiary/aromatic N) is 2. The van der Waals surface area contributed by atoms with Crippen molar-refractivity contribution in [1.82, 2.24) is 4.90 Å². The van der Waals surface area contributed by atoms with E-state index < -0.39 is 5.97 Å². The number of carbonyl (C=O) groups excluding carboxylic acids is 1. The van der Waals surface area contributed by atoms with E-state index in [1.165, 1.54) is 0 Å². The van der Waals surface area contributed by atoms with Crippen LogP contribution in [0.15, 0.2) is 12.1 Å². The minimum absolute atomic E-state index is 0.171. The van der Waals surface area contributed by atoms with Crippen molar-refractivity contribution in [3.63, 3.8) is 0 Å². The number of rotatable bonds is 3. The van der Waals surface area contributed by atoms with Gasteiger partial charge in [-0.2, -0.15) is 0 Å². The molecule has 0 bridgehead atoms. The van der Waals surface area contributed by atoms with Crippen LogP contribution in [0.4, 0.5) is 11.4 Å². The standard InChI is InChI=1S/C15H22ClN3O2/c1-10(2)21-15(20)11-8-12(16)14(13(17)9-11)19-6-4-18(3)5-7-19/h8-10H,4-7,17H2,1-3H3. The van der Waals surface area contributed by atoms with Crippen LogP contribution in [0, 0.1) is 0 Å². The largest absolute Gasteiger partial charge is 0.459 e. The van der Waals surface area contributed by atoms with Gasteiger partial charge >= 0.3 is 5.97 Å². The third-order valence-electron chi connectivity index (χ3n) is 3.49. The van der Waals surface area contributed by atoms with Crippen LogP contribution in [0.25, 0.3) is 0 Å². The van der Waals surface area contributed by atoms with Gasteiger partial charge in [-0.1, -0.05) is 11.6 Å². The molecule has 0 spiro atoms. The lowest BCUT2D eigenvalue weighted by atomic mass is 10.1. The molecule has 5 nitrogen and oxygen atoms in total. The van der Waals surface area contributed by atoms with E-state index in [4.69, 9.17) is 22.1 Å². The monoisotopic (exact) mass is 311 g/mol. The van der Waals surface area contributed by atoms with Gasteiger partial charge in [0.05, 0.1) is 28.1 Å². The maximum Gasteiger partial charge on any atom is 0.338 e. The zero-order valence-corrected chi connectivity index (χ0v) is 13.5. The molecule has 1 aliphatic rings. The number of likely N-dealkylation sites (N-methyl/N-ethyl adjacent to an activating group) is 1. The van der Waals surface area contributed by atoms with Crippen molar-refractivity contribution in [3.05, 3.63) is 22.7 Å². The zero-order chi connectivity index (χ0) is 15.6. The van der Waals surface area contributed by atoms with Crippen LogP contribution in [0.3, 0.4) is 0 Å². The fraction of sp³-hybridized carbons (Fsp3) is 0.533. The molecule has 2 rings (SSSR count). The third kappa shape index (κ3) is 3.80. The van der Waals surface area contributed by atoms with Crippen LogP contribution in [-0.2, 0) is 4.74 Å². The fourth-order valence-corrected chi connectivity index (χ4v) is 2.73. The number of benzene rings is 1. The van der Waals surface area contributed by atoms with Crippen molar-refractivity contribution in [1.29, 1.82) is 0 Å². The molecule has 1 aromatic rings. The predicted octanol–water partition coefficient (Wildman–Crippen LogP) is 2.24. The van der Waals surface area contributed by atoms with Crippen LogP contribution < -0.4 is 10.6 Å². The zero-order valence-electron chi connectivity index (χ0n) is 12.7. The highest BCUT2D eigenvalue weighted by Gasteiger charge is 2.21. The van der Waals surface area contributed by atoms with Crippen LogP contribution in [-0.4, -0.2) is 50.2 Å². The van der Waals surface area contributed by atoms with Crippen LogP contribution in [0.1, 0.15) is 24.2 Å². The van der Waals surface area contributed by atoms with Gasteiger partial charge in [-0.05, 0) is 33.0 Å². The fourth-order valence-electron chi connectivity index (χ4n) is 2.38. The molecule has 0 amide bonds. The molecule has 0 saturated carbocycles. The van der Waals surface area contributed by atoms with Gasteiger partial charge in [-0.25, -0.2) is 4.79 Å². The molecular weight excluding hydrogens is 290 g/mol. The number of hydrogen-bond donors (Lipinski definition) is 1. The van der Waals surface area contributed by atoms with E-state index in [9.17, 15) is 4.79 Å². The van der Waals surface area contributed by atoms with Crippen LogP contribution in [0.5, 0.6) is 0 Å². The molecule has 1 aromatic carbocycles. The van der Waals surface area contributed by atoms with Crippen LogP contribution >= 0.6 is 11.6 Å². The Balaban J connectivity index is 2.23. The van der Waals surface area contributed by atoms with Gasteiger partial charge in [0, 0.05) is 26.2 Å². The molecule has 21 heavy (non-hydrogen) atoms. The van der Waals surface area contributed by atoms with E-state index in [-0.39, 0.29) is 6.10 Å². The molecule has 0 aliphatic carbocycles. The lowest BCUT2D eigenvalue weighted by Gasteiger charge is -2.35. The number of piperazine rings is 1. The third-order valence-corrected chi connectivity index (χ3v) is 3.78. The minimum Gasteiger partial charge on any atom is -0.459 e. The number of esters is 1. The second kappa shape index (κ2) is 6.54. The molecule has 0 aromatic heterocycles. The summed E-state index contributed by atoms with van der Waals surface area (Å²) >= 11 is 6.34. The lowest BCUT2D eigenvalue weighted by molar-refractivity contribution is 0.0378. The Hall–Kier alpha value is -1.46. The summed E-state index contributed by atoms with van der Waals surface area (Å²) < 4.78 is 5.17. The predicted molar refractivity (Wildman–Crippen MR) is 86.1 cm³/mol. The lowest BCUT2D eigenvalue weighted by Crippen LogP contribution is -2.44. The number of carbonyl (C=O) groups is 1. The van der Waals surface area contributed by atoms with E-state index in [0.29, 0.717) is 16.3 Å². The highest BCUT2D eigenvalue weighted by Crippen LogP contribution is 2.34. The Morgan fingerprint density at radius 1 is 1.29 bits per heavy atom. The highest BCUT2D eigenvalue weighted by molar-refractivity contribution is 6.34. The van der Waals surface area contributed by atoms with Gasteiger partial charge in [0.15, 0.2) is 0 Å². The van der Waals surface area contributed by atoms with E-state index >= 15 is 0 Å². The van der Waals surface area contributed by atoms with E-state index in [2.05, 4.69) is 16.8 Å². The Kier molecular flexibility index (Phi) is 4.96. The summed E-state index contributed by atoms with van der Waals surface area (Å²) in [5, 5.41) is 0.496. The average Bonchev–Trinajstić information content (AvgIpc) is 2.39. The molecule has 1 aliphatic heterocycles. The Bertz CT molecular complexity index is 503. The van der Waals surface area contributed by atoms with Crippen molar-refractivity contribution in [3.8, 4) is 0 Å². The van der Waals surface area contributed by atoms with Gasteiger partial charge in [0.25, 0.3) is 0 Å². The molecule has 0 atom stereocenters. The Labute approximate surface area is 130 Å². The van der Waals surface area contributed by atoms with Gasteiger partial charge in [0.2, 0.25) is 0 Å². The van der Waals surface area contributed by atoms with Gasteiger partial charge < -0.3 is 20.3 Å². The van der Waals surface area contributed by atoms with E-state index in [1.54, 1.807) is 12.1 Å². The van der Waals surface area contributed by atoms with Crippen molar-refractivity contribution >= 4 is 28.9 Å². The van der Waals surface area contributed by atoms with Crippen molar-refractivity contribution < 1.29 is 9.53 Å². The van der Waals surface area contributed by atoms with E-state index in [0.717, 1.165) is 31.9 Å². The van der Waals surface area contributed by atoms with Gasteiger partial charge in [0.1, 0.15) is 0 Å². The van der Waals surface area contributed by atoms with Gasteiger partial charge in [-0.15, -0.1) is 0 Å². The van der Waals surface area contributed by atoms with Crippen molar-refractivity contribution in [2.45, 2.75) is 20.0 Å². The first-order valence-electron chi connectivity index (χ1n) is 7.12. The summed E-state index contributed by atoms with van der Waals surface area (Å²) in [5.74, 6) is -0.400. The molecule has 1 saturated heterocycles. The first kappa shape index (κ1) is 15.9. The molecule has 2 N–H and O–H groups in total. The number of nitrogen functional groups attached to an aromatic ring is 1. The number of anilines is 2. The highest BCUT2D eigenvalue weighted by atomic mass is 35.5. The Morgan fingerprint density at radius 3 is 2.43 bits per heavy atom. The summed E-state index contributed by atoms with van der Waals surface area (Å²) in [6, 6.07) is 3.28. The van der Waals surface area contributed by atoms with Crippen molar-refractivity contribution in [2.75, 3.05) is 43.9 Å². The number of nitrogens with two attached hydrogens (primary N) is 1. The maximum absolute atomic E-state index is 11.9. The summed E-state index contributed by atoms with van der Waals surface area (Å²) in [6.07, 6.45) is -0.171. The molecular formula is C15H22ClN3O2. The first-order chi connectivity index (χ1) is 9.88. The SMILES string of the molecule is CC(C)OC(=O)c1cc(N)c(N2CCN(C)CC2)c(Cl)c1. The molecule has 1 heterocycles. The number of halogens is 1. The second-order valence-corrected chi connectivity index (χ2v) is 6.05. The molecule has 6 heteroatoms. The molecule has 0 radical (unpaired) electrons. The average molecular weight is 312 g/mol. The topological polar surface area (TPSA) is 58.8 Å². The smallest absolute Gasteiger partial charge is 0.338 e. The summed E-state index contributed by atoms with van der Waals surface area (Å²) in [6.45, 7) is 7.29. The normalized spacial score (nSPS) is 16.3. The molecule has 1 fully saturated rings. The van der Waals surface area contributed by atoms with Crippen molar-refractivity contribution in [2.24, 2.45) is 0 Å².